The summed E-state index contributed by atoms with van der Waals surface area (Å²) in [7, 11) is 0. The van der Waals surface area contributed by atoms with Gasteiger partial charge in [0.2, 0.25) is 0 Å². The minimum Gasteiger partial charge on any atom is -0.192 e. The van der Waals surface area contributed by atoms with Crippen LogP contribution >= 0.6 is 0 Å². The van der Waals surface area contributed by atoms with Gasteiger partial charge in [0.1, 0.15) is 12.1 Å². The minimum atomic E-state index is 0.394. The molecule has 0 unspecified atom stereocenters. The highest BCUT2D eigenvalue weighted by atomic mass is 14.3. The zero-order valence-corrected chi connectivity index (χ0v) is 22.6. The second-order valence-electron chi connectivity index (χ2n) is 10.7. The predicted octanol–water partition coefficient (Wildman–Crippen LogP) is 10.4. The summed E-state index contributed by atoms with van der Waals surface area (Å²) in [4.78, 5) is 0. The van der Waals surface area contributed by atoms with E-state index in [1.54, 1.807) is 6.07 Å². The molecule has 192 valence electrons. The van der Waals surface area contributed by atoms with Gasteiger partial charge in [0.05, 0.1) is 11.1 Å². The Bertz CT molecular complexity index is 2210. The standard InChI is InChI=1S/C40H22N2/c41-23-28-19-18-27(22-29(28)24-42)30-20-21-35-38-31(30)16-9-17-34(38)39-36(25-10-3-1-4-11-25)32-14-7-8-15-33(32)37(40(35)39)26-12-5-2-6-13-26/h1-22H. The van der Waals surface area contributed by atoms with Gasteiger partial charge < -0.3 is 0 Å². The maximum atomic E-state index is 9.72. The highest BCUT2D eigenvalue weighted by Gasteiger charge is 2.31. The van der Waals surface area contributed by atoms with Crippen molar-refractivity contribution in [3.05, 3.63) is 145 Å². The topological polar surface area (TPSA) is 47.6 Å². The van der Waals surface area contributed by atoms with Crippen molar-refractivity contribution in [2.24, 2.45) is 0 Å². The van der Waals surface area contributed by atoms with E-state index in [-0.39, 0.29) is 0 Å². The smallest absolute Gasteiger partial charge is 0.101 e. The molecule has 2 nitrogen and oxygen atoms in total. The lowest BCUT2D eigenvalue weighted by Gasteiger charge is -2.20. The monoisotopic (exact) mass is 530 g/mol. The van der Waals surface area contributed by atoms with E-state index in [0.717, 1.165) is 16.5 Å². The number of hydrogen-bond acceptors (Lipinski definition) is 2. The number of rotatable bonds is 3. The number of hydrogen-bond donors (Lipinski definition) is 0. The van der Waals surface area contributed by atoms with E-state index in [4.69, 9.17) is 0 Å². The van der Waals surface area contributed by atoms with Crippen LogP contribution in [0.4, 0.5) is 0 Å². The lowest BCUT2D eigenvalue weighted by molar-refractivity contribution is 1.43. The Kier molecular flexibility index (Phi) is 5.29. The molecule has 7 aromatic carbocycles. The third-order valence-corrected chi connectivity index (χ3v) is 8.49. The van der Waals surface area contributed by atoms with E-state index in [0.29, 0.717) is 11.1 Å². The lowest BCUT2D eigenvalue weighted by Crippen LogP contribution is -1.93. The minimum absolute atomic E-state index is 0.394. The quantitative estimate of drug-likeness (QED) is 0.228. The van der Waals surface area contributed by atoms with Crippen LogP contribution in [0.3, 0.4) is 0 Å². The third kappa shape index (κ3) is 3.37. The Morgan fingerprint density at radius 2 is 0.881 bits per heavy atom. The molecule has 0 spiro atoms. The normalized spacial score (nSPS) is 11.3. The molecule has 0 aliphatic heterocycles. The highest BCUT2D eigenvalue weighted by Crippen LogP contribution is 2.58. The Balaban J connectivity index is 1.53. The molecule has 0 aromatic heterocycles. The van der Waals surface area contributed by atoms with Crippen molar-refractivity contribution in [3.63, 3.8) is 0 Å². The lowest BCUT2D eigenvalue weighted by atomic mass is 9.82. The van der Waals surface area contributed by atoms with Crippen LogP contribution in [0.1, 0.15) is 11.1 Å². The SMILES string of the molecule is N#Cc1ccc(-c2ccc3c4c(cccc24)-c2c-3c(-c3ccccc3)c3ccccc3c2-c2ccccc2)cc1C#N. The van der Waals surface area contributed by atoms with Gasteiger partial charge in [-0.25, -0.2) is 0 Å². The third-order valence-electron chi connectivity index (χ3n) is 8.49. The summed E-state index contributed by atoms with van der Waals surface area (Å²) in [5, 5.41) is 24.0. The van der Waals surface area contributed by atoms with Crippen LogP contribution in [0, 0.1) is 22.7 Å². The Labute approximate surface area is 244 Å². The van der Waals surface area contributed by atoms with Crippen molar-refractivity contribution < 1.29 is 0 Å². The predicted molar refractivity (Wildman–Crippen MR) is 172 cm³/mol. The van der Waals surface area contributed by atoms with Crippen molar-refractivity contribution in [2.45, 2.75) is 0 Å². The molecule has 0 saturated carbocycles. The van der Waals surface area contributed by atoms with Crippen molar-refractivity contribution in [2.75, 3.05) is 0 Å². The Hall–Kier alpha value is -5.96. The van der Waals surface area contributed by atoms with Crippen LogP contribution in [0.2, 0.25) is 0 Å². The summed E-state index contributed by atoms with van der Waals surface area (Å²) in [6, 6.07) is 51.0. The summed E-state index contributed by atoms with van der Waals surface area (Å²) < 4.78 is 0. The summed E-state index contributed by atoms with van der Waals surface area (Å²) in [6.45, 7) is 0. The molecule has 0 saturated heterocycles. The molecule has 7 aromatic rings. The second kappa shape index (κ2) is 9.31. The number of nitrogens with zero attached hydrogens (tertiary/aromatic N) is 2. The molecule has 2 heteroatoms. The van der Waals surface area contributed by atoms with Gasteiger partial charge in [-0.2, -0.15) is 10.5 Å². The van der Waals surface area contributed by atoms with Crippen molar-refractivity contribution in [1.82, 2.24) is 0 Å². The van der Waals surface area contributed by atoms with Gasteiger partial charge in [0.15, 0.2) is 0 Å². The van der Waals surface area contributed by atoms with E-state index >= 15 is 0 Å². The zero-order valence-electron chi connectivity index (χ0n) is 22.6. The van der Waals surface area contributed by atoms with E-state index in [9.17, 15) is 10.5 Å². The molecule has 0 N–H and O–H groups in total. The number of benzene rings is 7. The maximum Gasteiger partial charge on any atom is 0.101 e. The molecule has 1 aliphatic carbocycles. The van der Waals surface area contributed by atoms with E-state index in [2.05, 4.69) is 127 Å². The summed E-state index contributed by atoms with van der Waals surface area (Å²) >= 11 is 0. The fourth-order valence-corrected chi connectivity index (χ4v) is 6.76. The first-order chi connectivity index (χ1) is 20.8. The molecule has 0 atom stereocenters. The first-order valence-electron chi connectivity index (χ1n) is 14.0. The summed E-state index contributed by atoms with van der Waals surface area (Å²) in [5.74, 6) is 0. The fraction of sp³-hybridized carbons (Fsp3) is 0. The van der Waals surface area contributed by atoms with Crippen molar-refractivity contribution in [1.29, 1.82) is 10.5 Å². The Morgan fingerprint density at radius 1 is 0.357 bits per heavy atom. The van der Waals surface area contributed by atoms with Crippen LogP contribution in [0.5, 0.6) is 0 Å². The van der Waals surface area contributed by atoms with Crippen LogP contribution in [-0.4, -0.2) is 0 Å². The van der Waals surface area contributed by atoms with Gasteiger partial charge in [-0.15, -0.1) is 0 Å². The zero-order chi connectivity index (χ0) is 28.2. The summed E-state index contributed by atoms with van der Waals surface area (Å²) in [6.07, 6.45) is 0. The first kappa shape index (κ1) is 23.9. The number of nitriles is 2. The largest absolute Gasteiger partial charge is 0.192 e. The average Bonchev–Trinajstić information content (AvgIpc) is 3.39. The molecule has 0 bridgehead atoms. The molecule has 0 amide bonds. The van der Waals surface area contributed by atoms with E-state index in [1.807, 2.05) is 12.1 Å². The fourth-order valence-electron chi connectivity index (χ4n) is 6.76. The molecular weight excluding hydrogens is 508 g/mol. The molecule has 0 fully saturated rings. The van der Waals surface area contributed by atoms with Crippen LogP contribution in [0.15, 0.2) is 133 Å². The van der Waals surface area contributed by atoms with Gasteiger partial charge >= 0.3 is 0 Å². The molecule has 42 heavy (non-hydrogen) atoms. The second-order valence-corrected chi connectivity index (χ2v) is 10.7. The molecule has 0 heterocycles. The highest BCUT2D eigenvalue weighted by molar-refractivity contribution is 6.28. The Morgan fingerprint density at radius 3 is 1.48 bits per heavy atom. The molecular formula is C40H22N2. The molecule has 0 radical (unpaired) electrons. The molecule has 8 rings (SSSR count). The van der Waals surface area contributed by atoms with E-state index < -0.39 is 0 Å². The van der Waals surface area contributed by atoms with Gasteiger partial charge in [-0.3, -0.25) is 0 Å². The van der Waals surface area contributed by atoms with Gasteiger partial charge in [-0.05, 0) is 89.3 Å². The number of fused-ring (bicyclic) bond motifs is 4. The van der Waals surface area contributed by atoms with Gasteiger partial charge in [-0.1, -0.05) is 121 Å². The summed E-state index contributed by atoms with van der Waals surface area (Å²) in [5.41, 5.74) is 12.6. The van der Waals surface area contributed by atoms with Crippen LogP contribution < -0.4 is 0 Å². The van der Waals surface area contributed by atoms with Gasteiger partial charge in [0.25, 0.3) is 0 Å². The van der Waals surface area contributed by atoms with Crippen molar-refractivity contribution in [3.8, 4) is 67.8 Å². The first-order valence-corrected chi connectivity index (χ1v) is 14.0. The van der Waals surface area contributed by atoms with E-state index in [1.165, 1.54) is 60.7 Å². The van der Waals surface area contributed by atoms with Crippen molar-refractivity contribution >= 4 is 21.5 Å². The molecule has 1 aliphatic rings. The van der Waals surface area contributed by atoms with Gasteiger partial charge in [0, 0.05) is 0 Å². The van der Waals surface area contributed by atoms with Crippen LogP contribution in [-0.2, 0) is 0 Å². The van der Waals surface area contributed by atoms with Crippen LogP contribution in [0.25, 0.3) is 77.2 Å². The maximum absolute atomic E-state index is 9.72. The average molecular weight is 531 g/mol.